The van der Waals surface area contributed by atoms with Gasteiger partial charge in [0, 0.05) is 37.2 Å². The van der Waals surface area contributed by atoms with Crippen molar-refractivity contribution in [2.75, 3.05) is 19.6 Å². The molecule has 0 saturated carbocycles. The highest BCUT2D eigenvalue weighted by Gasteiger charge is 2.53. The van der Waals surface area contributed by atoms with Crippen LogP contribution in [0.2, 0.25) is 0 Å². The van der Waals surface area contributed by atoms with Gasteiger partial charge in [-0.2, -0.15) is 0 Å². The number of rotatable bonds is 4. The molecule has 2 saturated heterocycles. The first kappa shape index (κ1) is 20.0. The van der Waals surface area contributed by atoms with Crippen molar-refractivity contribution in [2.45, 2.75) is 50.5 Å². The summed E-state index contributed by atoms with van der Waals surface area (Å²) in [5, 5.41) is 0. The average Bonchev–Trinajstić information content (AvgIpc) is 3.39. The van der Waals surface area contributed by atoms with Crippen LogP contribution < -0.4 is 0 Å². The lowest BCUT2D eigenvalue weighted by Crippen LogP contribution is -2.61. The molecule has 2 fully saturated rings. The predicted octanol–water partition coefficient (Wildman–Crippen LogP) is 3.66. The topological polar surface area (TPSA) is 57.7 Å². The van der Waals surface area contributed by atoms with E-state index in [4.69, 9.17) is 0 Å². The first-order valence-corrected chi connectivity index (χ1v) is 11.4. The minimum absolute atomic E-state index is 0.0812. The number of amides is 2. The van der Waals surface area contributed by atoms with Crippen LogP contribution in [0.1, 0.15) is 63.9 Å². The summed E-state index contributed by atoms with van der Waals surface area (Å²) < 4.78 is 0. The molecular weight excluding hydrogens is 388 g/mol. The first-order chi connectivity index (χ1) is 15.1. The Kier molecular flexibility index (Phi) is 5.12. The molecular formula is C26H28N2O3. The zero-order valence-corrected chi connectivity index (χ0v) is 17.8. The van der Waals surface area contributed by atoms with Crippen molar-refractivity contribution < 1.29 is 14.4 Å². The molecule has 0 aromatic heterocycles. The second-order valence-corrected chi connectivity index (χ2v) is 8.98. The van der Waals surface area contributed by atoms with E-state index < -0.39 is 5.54 Å². The van der Waals surface area contributed by atoms with E-state index in [1.165, 1.54) is 5.56 Å². The number of carbonyl (C=O) groups excluding carboxylic acids is 3. The van der Waals surface area contributed by atoms with Crippen molar-refractivity contribution in [3.05, 3.63) is 70.8 Å². The maximum Gasteiger partial charge on any atom is 0.255 e. The van der Waals surface area contributed by atoms with Crippen molar-refractivity contribution >= 4 is 17.6 Å². The third kappa shape index (κ3) is 3.36. The minimum Gasteiger partial charge on any atom is -0.340 e. The number of hydrogen-bond donors (Lipinski definition) is 0. The summed E-state index contributed by atoms with van der Waals surface area (Å²) in [6.45, 7) is 2.04. The fraction of sp³-hybridized carbons (Fsp3) is 0.423. The lowest BCUT2D eigenvalue weighted by molar-refractivity contribution is -0.145. The average molecular weight is 417 g/mol. The van der Waals surface area contributed by atoms with Gasteiger partial charge in [0.2, 0.25) is 5.91 Å². The lowest BCUT2D eigenvalue weighted by atomic mass is 9.84. The minimum atomic E-state index is -0.725. The van der Waals surface area contributed by atoms with Gasteiger partial charge in [0.05, 0.1) is 0 Å². The Morgan fingerprint density at radius 1 is 0.903 bits per heavy atom. The number of fused-ring (bicyclic) bond motifs is 1. The van der Waals surface area contributed by atoms with Crippen LogP contribution in [0.5, 0.6) is 0 Å². The summed E-state index contributed by atoms with van der Waals surface area (Å²) in [4.78, 5) is 43.3. The van der Waals surface area contributed by atoms with Crippen LogP contribution in [0.3, 0.4) is 0 Å². The third-order valence-corrected chi connectivity index (χ3v) is 7.26. The second kappa shape index (κ2) is 7.95. The van der Waals surface area contributed by atoms with Gasteiger partial charge in [0.15, 0.2) is 5.78 Å². The van der Waals surface area contributed by atoms with Crippen molar-refractivity contribution in [2.24, 2.45) is 0 Å². The van der Waals surface area contributed by atoms with Crippen LogP contribution in [-0.2, 0) is 17.6 Å². The number of benzene rings is 2. The van der Waals surface area contributed by atoms with E-state index in [1.54, 1.807) is 6.07 Å². The van der Waals surface area contributed by atoms with E-state index >= 15 is 0 Å². The molecule has 2 amide bonds. The summed E-state index contributed by atoms with van der Waals surface area (Å²) >= 11 is 0. The molecule has 0 N–H and O–H groups in total. The van der Waals surface area contributed by atoms with Gasteiger partial charge in [-0.15, -0.1) is 0 Å². The SMILES string of the molecule is O=C1CCc2c1cccc2C(=O)N1CCCC12CCCN(CCc1ccccc1)C2=O. The van der Waals surface area contributed by atoms with Crippen molar-refractivity contribution in [3.8, 4) is 0 Å². The molecule has 5 rings (SSSR count). The Morgan fingerprint density at radius 3 is 2.48 bits per heavy atom. The maximum atomic E-state index is 13.7. The monoisotopic (exact) mass is 416 g/mol. The molecule has 2 aromatic carbocycles. The fourth-order valence-electron chi connectivity index (χ4n) is 5.68. The summed E-state index contributed by atoms with van der Waals surface area (Å²) in [6, 6.07) is 15.7. The molecule has 1 unspecified atom stereocenters. The van der Waals surface area contributed by atoms with Crippen LogP contribution in [0.25, 0.3) is 0 Å². The van der Waals surface area contributed by atoms with E-state index in [-0.39, 0.29) is 17.6 Å². The van der Waals surface area contributed by atoms with Crippen molar-refractivity contribution in [3.63, 3.8) is 0 Å². The highest BCUT2D eigenvalue weighted by molar-refractivity contribution is 6.07. The number of likely N-dealkylation sites (tertiary alicyclic amines) is 2. The van der Waals surface area contributed by atoms with Crippen LogP contribution in [0.15, 0.2) is 48.5 Å². The van der Waals surface area contributed by atoms with Gasteiger partial charge in [0.25, 0.3) is 5.91 Å². The summed E-state index contributed by atoms with van der Waals surface area (Å²) in [5.41, 5.74) is 2.65. The smallest absolute Gasteiger partial charge is 0.255 e. The largest absolute Gasteiger partial charge is 0.340 e. The Labute approximate surface area is 183 Å². The molecule has 3 aliphatic rings. The molecule has 1 spiro atoms. The zero-order chi connectivity index (χ0) is 21.4. The zero-order valence-electron chi connectivity index (χ0n) is 17.8. The summed E-state index contributed by atoms with van der Waals surface area (Å²) in [6.07, 6.45) is 5.13. The van der Waals surface area contributed by atoms with Gasteiger partial charge in [-0.05, 0) is 55.7 Å². The molecule has 160 valence electrons. The van der Waals surface area contributed by atoms with E-state index in [0.29, 0.717) is 37.1 Å². The van der Waals surface area contributed by atoms with Gasteiger partial charge in [0.1, 0.15) is 5.54 Å². The Morgan fingerprint density at radius 2 is 1.68 bits per heavy atom. The highest BCUT2D eigenvalue weighted by Crippen LogP contribution is 2.40. The number of hydrogen-bond acceptors (Lipinski definition) is 3. The number of nitrogens with zero attached hydrogens (tertiary/aromatic N) is 2. The number of piperidine rings is 1. The lowest BCUT2D eigenvalue weighted by Gasteiger charge is -2.44. The molecule has 5 nitrogen and oxygen atoms in total. The first-order valence-electron chi connectivity index (χ1n) is 11.4. The predicted molar refractivity (Wildman–Crippen MR) is 118 cm³/mol. The van der Waals surface area contributed by atoms with E-state index in [9.17, 15) is 14.4 Å². The number of carbonyl (C=O) groups is 3. The van der Waals surface area contributed by atoms with Crippen LogP contribution in [0.4, 0.5) is 0 Å². The molecule has 2 heterocycles. The Bertz CT molecular complexity index is 1030. The molecule has 1 aliphatic carbocycles. The van der Waals surface area contributed by atoms with Crippen molar-refractivity contribution in [1.29, 1.82) is 0 Å². The quantitative estimate of drug-likeness (QED) is 0.764. The summed E-state index contributed by atoms with van der Waals surface area (Å²) in [5.74, 6) is 0.133. The summed E-state index contributed by atoms with van der Waals surface area (Å²) in [7, 11) is 0. The van der Waals surface area contributed by atoms with Gasteiger partial charge in [-0.3, -0.25) is 14.4 Å². The van der Waals surface area contributed by atoms with E-state index in [2.05, 4.69) is 12.1 Å². The molecule has 1 atom stereocenters. The highest BCUT2D eigenvalue weighted by atomic mass is 16.2. The molecule has 2 aromatic rings. The Balaban J connectivity index is 1.39. The van der Waals surface area contributed by atoms with Crippen LogP contribution >= 0.6 is 0 Å². The van der Waals surface area contributed by atoms with Gasteiger partial charge < -0.3 is 9.80 Å². The molecule has 5 heteroatoms. The van der Waals surface area contributed by atoms with Gasteiger partial charge in [-0.1, -0.05) is 42.5 Å². The van der Waals surface area contributed by atoms with Gasteiger partial charge in [-0.25, -0.2) is 0 Å². The van der Waals surface area contributed by atoms with E-state index in [0.717, 1.165) is 44.2 Å². The van der Waals surface area contributed by atoms with Gasteiger partial charge >= 0.3 is 0 Å². The molecule has 2 aliphatic heterocycles. The number of ketones is 1. The standard InChI is InChI=1S/C26H28N2O3/c29-23-12-11-20-21(23)9-4-10-22(20)24(30)28-17-6-15-26(28)14-5-16-27(25(26)31)18-13-19-7-2-1-3-8-19/h1-4,7-10H,5-6,11-18H2. The molecule has 31 heavy (non-hydrogen) atoms. The normalized spacial score (nSPS) is 23.0. The second-order valence-electron chi connectivity index (χ2n) is 8.98. The van der Waals surface area contributed by atoms with Crippen molar-refractivity contribution in [1.82, 2.24) is 9.80 Å². The fourth-order valence-corrected chi connectivity index (χ4v) is 5.68. The van der Waals surface area contributed by atoms with Crippen LogP contribution in [0, 0.1) is 0 Å². The maximum absolute atomic E-state index is 13.7. The van der Waals surface area contributed by atoms with Crippen LogP contribution in [-0.4, -0.2) is 52.6 Å². The third-order valence-electron chi connectivity index (χ3n) is 7.26. The Hall–Kier alpha value is -2.95. The van der Waals surface area contributed by atoms with E-state index in [1.807, 2.05) is 40.1 Å². The number of Topliss-reactive ketones (excluding diaryl/α,β-unsaturated/α-hetero) is 1. The molecule has 0 bridgehead atoms. The molecule has 0 radical (unpaired) electrons.